The van der Waals surface area contributed by atoms with Gasteiger partial charge in [-0.25, -0.2) is 8.37 Å². The minimum absolute atomic E-state index is 0.0270. The molecule has 0 bridgehead atoms. The Labute approximate surface area is 175 Å². The highest BCUT2D eigenvalue weighted by molar-refractivity contribution is 7.81. The number of hydrogen-bond acceptors (Lipinski definition) is 5. The average molecular weight is 422 g/mol. The van der Waals surface area contributed by atoms with Crippen LogP contribution in [0.1, 0.15) is 117 Å². The molecule has 0 unspecified atom stereocenters. The molecule has 0 aromatic rings. The van der Waals surface area contributed by atoms with Gasteiger partial charge in [0.15, 0.2) is 0 Å². The third-order valence-electron chi connectivity index (χ3n) is 5.00. The number of rotatable bonds is 22. The van der Waals surface area contributed by atoms with Gasteiger partial charge in [-0.1, -0.05) is 110 Å². The zero-order chi connectivity index (χ0) is 20.9. The van der Waals surface area contributed by atoms with Gasteiger partial charge >= 0.3 is 10.4 Å². The van der Waals surface area contributed by atoms with Gasteiger partial charge in [-0.2, -0.15) is 8.42 Å². The largest absolute Gasteiger partial charge is 0.399 e. The Morgan fingerprint density at radius 3 is 1.36 bits per heavy atom. The minimum atomic E-state index is -3.85. The maximum Gasteiger partial charge on any atom is 0.399 e. The molecule has 0 aliphatic rings. The summed E-state index contributed by atoms with van der Waals surface area (Å²) in [7, 11) is -3.85. The first-order chi connectivity index (χ1) is 13.5. The van der Waals surface area contributed by atoms with Crippen molar-refractivity contribution in [3.05, 3.63) is 0 Å². The van der Waals surface area contributed by atoms with Gasteiger partial charge in [-0.3, -0.25) is 0 Å². The van der Waals surface area contributed by atoms with E-state index in [0.717, 1.165) is 25.2 Å². The van der Waals surface area contributed by atoms with Gasteiger partial charge in [0.2, 0.25) is 0 Å². The summed E-state index contributed by atoms with van der Waals surface area (Å²) in [5.41, 5.74) is 5.19. The van der Waals surface area contributed by atoms with Gasteiger partial charge in [0.1, 0.15) is 0 Å². The van der Waals surface area contributed by atoms with Crippen LogP contribution in [0.2, 0.25) is 0 Å². The molecular formula is C22H47NO4S. The van der Waals surface area contributed by atoms with Crippen molar-refractivity contribution in [2.75, 3.05) is 19.8 Å². The van der Waals surface area contributed by atoms with Crippen LogP contribution in [0.4, 0.5) is 0 Å². The van der Waals surface area contributed by atoms with Crippen LogP contribution in [0.3, 0.4) is 0 Å². The number of hydrogen-bond donors (Lipinski definition) is 1. The SMILES string of the molecule is CC(C)CCCCCCCCCCCCCCCCCOS(=O)(=O)OCCN. The Balaban J connectivity index is 3.16. The summed E-state index contributed by atoms with van der Waals surface area (Å²) in [6, 6.07) is 0. The molecule has 2 N–H and O–H groups in total. The van der Waals surface area contributed by atoms with Crippen LogP contribution in [0.25, 0.3) is 0 Å². The fourth-order valence-corrected chi connectivity index (χ4v) is 3.99. The highest BCUT2D eigenvalue weighted by atomic mass is 32.3. The van der Waals surface area contributed by atoms with Crippen molar-refractivity contribution in [3.8, 4) is 0 Å². The van der Waals surface area contributed by atoms with Crippen LogP contribution in [0.5, 0.6) is 0 Å². The Morgan fingerprint density at radius 1 is 0.607 bits per heavy atom. The lowest BCUT2D eigenvalue weighted by molar-refractivity contribution is 0.215. The molecule has 0 aliphatic carbocycles. The van der Waals surface area contributed by atoms with Gasteiger partial charge in [0.05, 0.1) is 13.2 Å². The molecule has 5 nitrogen and oxygen atoms in total. The summed E-state index contributed by atoms with van der Waals surface area (Å²) in [6.45, 7) is 4.96. The summed E-state index contributed by atoms with van der Waals surface area (Å²) in [5, 5.41) is 0. The first-order valence-corrected chi connectivity index (χ1v) is 13.0. The molecule has 0 radical (unpaired) electrons. The van der Waals surface area contributed by atoms with Gasteiger partial charge in [0, 0.05) is 6.54 Å². The molecule has 0 amide bonds. The monoisotopic (exact) mass is 421 g/mol. The first-order valence-electron chi connectivity index (χ1n) is 11.7. The average Bonchev–Trinajstić information content (AvgIpc) is 2.65. The van der Waals surface area contributed by atoms with E-state index in [-0.39, 0.29) is 19.8 Å². The van der Waals surface area contributed by atoms with Crippen molar-refractivity contribution in [3.63, 3.8) is 0 Å². The molecule has 0 atom stereocenters. The van der Waals surface area contributed by atoms with Crippen molar-refractivity contribution in [1.82, 2.24) is 0 Å². The van der Waals surface area contributed by atoms with E-state index in [1.54, 1.807) is 0 Å². The van der Waals surface area contributed by atoms with E-state index in [9.17, 15) is 8.42 Å². The second kappa shape index (κ2) is 20.1. The summed E-state index contributed by atoms with van der Waals surface area (Å²) in [4.78, 5) is 0. The van der Waals surface area contributed by atoms with Crippen molar-refractivity contribution >= 4 is 10.4 Å². The first kappa shape index (κ1) is 27.8. The van der Waals surface area contributed by atoms with Crippen molar-refractivity contribution in [1.29, 1.82) is 0 Å². The smallest absolute Gasteiger partial charge is 0.328 e. The minimum Gasteiger partial charge on any atom is -0.328 e. The van der Waals surface area contributed by atoms with Crippen LogP contribution >= 0.6 is 0 Å². The highest BCUT2D eigenvalue weighted by Crippen LogP contribution is 2.15. The normalized spacial score (nSPS) is 12.1. The van der Waals surface area contributed by atoms with E-state index in [1.165, 1.54) is 83.5 Å². The second-order valence-corrected chi connectivity index (χ2v) is 9.61. The van der Waals surface area contributed by atoms with Crippen molar-refractivity contribution < 1.29 is 16.8 Å². The topological polar surface area (TPSA) is 78.6 Å². The molecule has 0 aromatic carbocycles. The third kappa shape index (κ3) is 22.1. The maximum absolute atomic E-state index is 11.3. The molecule has 0 aliphatic heterocycles. The van der Waals surface area contributed by atoms with Crippen LogP contribution in [0.15, 0.2) is 0 Å². The summed E-state index contributed by atoms with van der Waals surface area (Å²) >= 11 is 0. The fourth-order valence-electron chi connectivity index (χ4n) is 3.30. The van der Waals surface area contributed by atoms with Gasteiger partial charge < -0.3 is 5.73 Å². The van der Waals surface area contributed by atoms with E-state index in [1.807, 2.05) is 0 Å². The van der Waals surface area contributed by atoms with Gasteiger partial charge in [0.25, 0.3) is 0 Å². The lowest BCUT2D eigenvalue weighted by atomic mass is 10.0. The van der Waals surface area contributed by atoms with E-state index >= 15 is 0 Å². The van der Waals surface area contributed by atoms with Crippen molar-refractivity contribution in [2.24, 2.45) is 11.7 Å². The molecule has 0 saturated carbocycles. The summed E-state index contributed by atoms with van der Waals surface area (Å²) < 4.78 is 31.8. The highest BCUT2D eigenvalue weighted by Gasteiger charge is 2.10. The predicted octanol–water partition coefficient (Wildman–Crippen LogP) is 6.12. The van der Waals surface area contributed by atoms with E-state index < -0.39 is 10.4 Å². The van der Waals surface area contributed by atoms with Gasteiger partial charge in [-0.05, 0) is 12.3 Å². The van der Waals surface area contributed by atoms with Gasteiger partial charge in [-0.15, -0.1) is 0 Å². The lowest BCUT2D eigenvalue weighted by Crippen LogP contribution is -2.16. The molecule has 0 rings (SSSR count). The van der Waals surface area contributed by atoms with E-state index in [4.69, 9.17) is 9.92 Å². The predicted molar refractivity (Wildman–Crippen MR) is 119 cm³/mol. The second-order valence-electron chi connectivity index (χ2n) is 8.33. The molecule has 170 valence electrons. The Bertz CT molecular complexity index is 413. The van der Waals surface area contributed by atoms with Crippen LogP contribution in [0, 0.1) is 5.92 Å². The number of nitrogens with two attached hydrogens (primary N) is 1. The van der Waals surface area contributed by atoms with Crippen LogP contribution in [-0.4, -0.2) is 28.2 Å². The van der Waals surface area contributed by atoms with E-state index in [2.05, 4.69) is 18.0 Å². The summed E-state index contributed by atoms with van der Waals surface area (Å²) in [6.07, 6.45) is 20.7. The molecule has 0 fully saturated rings. The number of unbranched alkanes of at least 4 members (excludes halogenated alkanes) is 14. The maximum atomic E-state index is 11.3. The van der Waals surface area contributed by atoms with E-state index in [0.29, 0.717) is 0 Å². The standard InChI is InChI=1S/C22H47NO4S/c1-22(2)18-16-14-12-10-8-6-4-3-5-7-9-11-13-15-17-20-26-28(24,25)27-21-19-23/h22H,3-21,23H2,1-2H3. The zero-order valence-electron chi connectivity index (χ0n) is 18.6. The molecular weight excluding hydrogens is 374 g/mol. The fraction of sp³-hybridized carbons (Fsp3) is 1.00. The molecule has 28 heavy (non-hydrogen) atoms. The Hall–Kier alpha value is -0.170. The molecule has 0 aromatic heterocycles. The molecule has 6 heteroatoms. The van der Waals surface area contributed by atoms with Crippen molar-refractivity contribution in [2.45, 2.75) is 117 Å². The molecule has 0 heterocycles. The Morgan fingerprint density at radius 2 is 0.964 bits per heavy atom. The van der Waals surface area contributed by atoms with Crippen LogP contribution < -0.4 is 5.73 Å². The lowest BCUT2D eigenvalue weighted by Gasteiger charge is -2.05. The zero-order valence-corrected chi connectivity index (χ0v) is 19.4. The quantitative estimate of drug-likeness (QED) is 0.213. The van der Waals surface area contributed by atoms with Crippen LogP contribution in [-0.2, 0) is 18.8 Å². The summed E-state index contributed by atoms with van der Waals surface area (Å²) in [5.74, 6) is 0.861. The third-order valence-corrected chi connectivity index (χ3v) is 5.91. The molecule has 0 spiro atoms. The Kier molecular flexibility index (Phi) is 20.0. The molecule has 0 saturated heterocycles.